The predicted octanol–water partition coefficient (Wildman–Crippen LogP) is 2.11. The molecule has 1 aromatic carbocycles. The minimum Gasteiger partial charge on any atom is -0.478 e. The Bertz CT molecular complexity index is 625. The quantitative estimate of drug-likeness (QED) is 0.647. The lowest BCUT2D eigenvalue weighted by Gasteiger charge is -2.07. The molecule has 0 atom stereocenters. The van der Waals surface area contributed by atoms with Crippen LogP contribution in [0.2, 0.25) is 0 Å². The zero-order valence-corrected chi connectivity index (χ0v) is 12.1. The van der Waals surface area contributed by atoms with Crippen LogP contribution >= 0.6 is 11.8 Å². The first-order valence-electron chi connectivity index (χ1n) is 6.15. The third kappa shape index (κ3) is 2.93. The van der Waals surface area contributed by atoms with E-state index in [9.17, 15) is 4.79 Å². The van der Waals surface area contributed by atoms with Gasteiger partial charge in [-0.2, -0.15) is 0 Å². The van der Waals surface area contributed by atoms with E-state index >= 15 is 0 Å². The summed E-state index contributed by atoms with van der Waals surface area (Å²) in [6.07, 6.45) is 0. The highest BCUT2D eigenvalue weighted by molar-refractivity contribution is 7.98. The van der Waals surface area contributed by atoms with Gasteiger partial charge in [0, 0.05) is 11.7 Å². The normalized spacial score (nSPS) is 10.9. The van der Waals surface area contributed by atoms with Crippen molar-refractivity contribution < 1.29 is 9.90 Å². The fourth-order valence-corrected chi connectivity index (χ4v) is 2.65. The molecule has 0 saturated heterocycles. The highest BCUT2D eigenvalue weighted by atomic mass is 32.2. The Kier molecular flexibility index (Phi) is 4.29. The van der Waals surface area contributed by atoms with Gasteiger partial charge in [0.05, 0.1) is 5.56 Å². The summed E-state index contributed by atoms with van der Waals surface area (Å²) >= 11 is 1.37. The summed E-state index contributed by atoms with van der Waals surface area (Å²) in [5.41, 5.74) is 1.03. The van der Waals surface area contributed by atoms with Gasteiger partial charge in [0.15, 0.2) is 5.82 Å². The van der Waals surface area contributed by atoms with Crippen molar-refractivity contribution in [1.29, 1.82) is 0 Å². The Morgan fingerprint density at radius 1 is 1.40 bits per heavy atom. The summed E-state index contributed by atoms with van der Waals surface area (Å²) in [5.74, 6) is 6.37. The molecule has 0 bridgehead atoms. The monoisotopic (exact) mass is 292 g/mol. The number of aromatic carboxylic acids is 1. The molecule has 2 aromatic rings. The molecule has 106 valence electrons. The average molecular weight is 292 g/mol. The Balaban J connectivity index is 2.15. The molecule has 0 aliphatic rings. The van der Waals surface area contributed by atoms with Crippen molar-refractivity contribution in [2.45, 2.75) is 30.7 Å². The number of nitrogens with two attached hydrogens (primary N) is 1. The van der Waals surface area contributed by atoms with Crippen molar-refractivity contribution in [3.05, 3.63) is 41.2 Å². The maximum atomic E-state index is 11.1. The van der Waals surface area contributed by atoms with E-state index < -0.39 is 5.97 Å². The molecule has 0 spiro atoms. The zero-order chi connectivity index (χ0) is 14.7. The second-order valence-corrected chi connectivity index (χ2v) is 5.56. The SMILES string of the molecule is CC(C)c1nnc(SCc2ccccc2C(=O)O)n1N. The summed E-state index contributed by atoms with van der Waals surface area (Å²) in [4.78, 5) is 11.1. The molecule has 0 aliphatic carbocycles. The van der Waals surface area contributed by atoms with E-state index in [4.69, 9.17) is 10.9 Å². The molecule has 3 N–H and O–H groups in total. The number of nitrogens with zero attached hydrogens (tertiary/aromatic N) is 3. The van der Waals surface area contributed by atoms with Crippen molar-refractivity contribution in [2.75, 3.05) is 5.84 Å². The fourth-order valence-electron chi connectivity index (χ4n) is 1.78. The number of hydrogen-bond acceptors (Lipinski definition) is 5. The molecule has 0 saturated carbocycles. The van der Waals surface area contributed by atoms with Crippen LogP contribution in [0.4, 0.5) is 0 Å². The zero-order valence-electron chi connectivity index (χ0n) is 11.3. The largest absolute Gasteiger partial charge is 0.478 e. The van der Waals surface area contributed by atoms with E-state index in [-0.39, 0.29) is 5.92 Å². The van der Waals surface area contributed by atoms with Gasteiger partial charge in [0.25, 0.3) is 0 Å². The van der Waals surface area contributed by atoms with Crippen LogP contribution in [0.1, 0.15) is 41.5 Å². The molecule has 0 aliphatic heterocycles. The van der Waals surface area contributed by atoms with E-state index in [2.05, 4.69) is 10.2 Å². The maximum Gasteiger partial charge on any atom is 0.335 e. The number of thioether (sulfide) groups is 1. The van der Waals surface area contributed by atoms with E-state index in [1.54, 1.807) is 18.2 Å². The van der Waals surface area contributed by atoms with Gasteiger partial charge in [-0.3, -0.25) is 0 Å². The first-order chi connectivity index (χ1) is 9.50. The molecule has 0 amide bonds. The minimum absolute atomic E-state index is 0.188. The van der Waals surface area contributed by atoms with Crippen LogP contribution in [0, 0.1) is 0 Å². The third-order valence-electron chi connectivity index (χ3n) is 2.81. The molecule has 1 aromatic heterocycles. The van der Waals surface area contributed by atoms with Gasteiger partial charge in [-0.25, -0.2) is 9.47 Å². The molecule has 1 heterocycles. The number of carboxylic acid groups (broad SMARTS) is 1. The van der Waals surface area contributed by atoms with E-state index in [0.29, 0.717) is 22.3 Å². The smallest absolute Gasteiger partial charge is 0.335 e. The van der Waals surface area contributed by atoms with E-state index in [0.717, 1.165) is 5.56 Å². The van der Waals surface area contributed by atoms with Crippen LogP contribution in [0.5, 0.6) is 0 Å². The highest BCUT2D eigenvalue weighted by Crippen LogP contribution is 2.24. The predicted molar refractivity (Wildman–Crippen MR) is 77.2 cm³/mol. The van der Waals surface area contributed by atoms with Gasteiger partial charge in [0.2, 0.25) is 5.16 Å². The van der Waals surface area contributed by atoms with Crippen LogP contribution in [0.3, 0.4) is 0 Å². The second kappa shape index (κ2) is 5.96. The van der Waals surface area contributed by atoms with Crippen molar-refractivity contribution in [2.24, 2.45) is 0 Å². The van der Waals surface area contributed by atoms with E-state index in [1.165, 1.54) is 16.4 Å². The van der Waals surface area contributed by atoms with Crippen LogP contribution in [0.25, 0.3) is 0 Å². The number of carboxylic acids is 1. The number of aromatic nitrogens is 3. The van der Waals surface area contributed by atoms with E-state index in [1.807, 2.05) is 19.9 Å². The molecular weight excluding hydrogens is 276 g/mol. The number of hydrogen-bond donors (Lipinski definition) is 2. The number of nitrogen functional groups attached to an aromatic ring is 1. The molecule has 0 unspecified atom stereocenters. The molecule has 20 heavy (non-hydrogen) atoms. The summed E-state index contributed by atoms with van der Waals surface area (Å²) in [6, 6.07) is 6.90. The molecule has 0 fully saturated rings. The Hall–Kier alpha value is -2.02. The minimum atomic E-state index is -0.932. The number of benzene rings is 1. The molecule has 2 rings (SSSR count). The van der Waals surface area contributed by atoms with Crippen LogP contribution in [0.15, 0.2) is 29.4 Å². The average Bonchev–Trinajstić information content (AvgIpc) is 2.78. The second-order valence-electron chi connectivity index (χ2n) is 4.62. The van der Waals surface area contributed by atoms with Crippen molar-refractivity contribution in [1.82, 2.24) is 14.9 Å². The van der Waals surface area contributed by atoms with Gasteiger partial charge in [0.1, 0.15) is 0 Å². The third-order valence-corrected chi connectivity index (χ3v) is 3.80. The molecular formula is C13H16N4O2S. The lowest BCUT2D eigenvalue weighted by atomic mass is 10.1. The van der Waals surface area contributed by atoms with Crippen molar-refractivity contribution >= 4 is 17.7 Å². The summed E-state index contributed by atoms with van der Waals surface area (Å²) < 4.78 is 1.46. The standard InChI is InChI=1S/C13H16N4O2S/c1-8(2)11-15-16-13(17(11)14)20-7-9-5-3-4-6-10(9)12(18)19/h3-6,8H,7,14H2,1-2H3,(H,18,19). The van der Waals surface area contributed by atoms with Crippen LogP contribution < -0.4 is 5.84 Å². The van der Waals surface area contributed by atoms with Crippen molar-refractivity contribution in [3.63, 3.8) is 0 Å². The summed E-state index contributed by atoms with van der Waals surface area (Å²) in [7, 11) is 0. The molecule has 0 radical (unpaired) electrons. The van der Waals surface area contributed by atoms with Crippen molar-refractivity contribution in [3.8, 4) is 0 Å². The lowest BCUT2D eigenvalue weighted by molar-refractivity contribution is 0.0696. The first kappa shape index (κ1) is 14.4. The maximum absolute atomic E-state index is 11.1. The lowest BCUT2D eigenvalue weighted by Crippen LogP contribution is -2.15. The van der Waals surface area contributed by atoms with Gasteiger partial charge in [-0.15, -0.1) is 10.2 Å². The molecule has 7 heteroatoms. The van der Waals surface area contributed by atoms with Crippen LogP contribution in [-0.4, -0.2) is 25.9 Å². The van der Waals surface area contributed by atoms with Crippen LogP contribution in [-0.2, 0) is 5.75 Å². The Morgan fingerprint density at radius 2 is 2.10 bits per heavy atom. The van der Waals surface area contributed by atoms with Gasteiger partial charge in [-0.1, -0.05) is 43.8 Å². The van der Waals surface area contributed by atoms with Gasteiger partial charge in [-0.05, 0) is 11.6 Å². The number of carbonyl (C=O) groups is 1. The van der Waals surface area contributed by atoms with Gasteiger partial charge >= 0.3 is 5.97 Å². The molecule has 6 nitrogen and oxygen atoms in total. The highest BCUT2D eigenvalue weighted by Gasteiger charge is 2.15. The Labute approximate surface area is 121 Å². The summed E-state index contributed by atoms with van der Waals surface area (Å²) in [6.45, 7) is 3.98. The fraction of sp³-hybridized carbons (Fsp3) is 0.308. The van der Waals surface area contributed by atoms with Gasteiger partial charge < -0.3 is 10.9 Å². The Morgan fingerprint density at radius 3 is 2.70 bits per heavy atom. The topological polar surface area (TPSA) is 94.0 Å². The number of rotatable bonds is 5. The first-order valence-corrected chi connectivity index (χ1v) is 7.13. The summed E-state index contributed by atoms with van der Waals surface area (Å²) in [5, 5.41) is 17.8.